The summed E-state index contributed by atoms with van der Waals surface area (Å²) in [7, 11) is -3.44. The molecule has 45 heavy (non-hydrogen) atoms. The van der Waals surface area contributed by atoms with Crippen molar-refractivity contribution in [3.63, 3.8) is 0 Å². The van der Waals surface area contributed by atoms with Crippen LogP contribution in [0.15, 0.2) is 72.8 Å². The number of fused-ring (bicyclic) bond motifs is 1. The molecule has 0 spiro atoms. The maximum atomic E-state index is 14.1. The van der Waals surface area contributed by atoms with Crippen LogP contribution in [-0.2, 0) is 39.0 Å². The van der Waals surface area contributed by atoms with Crippen molar-refractivity contribution in [2.24, 2.45) is 11.8 Å². The lowest BCUT2D eigenvalue weighted by molar-refractivity contribution is -0.142. The number of para-hydroxylation sites is 2. The van der Waals surface area contributed by atoms with Crippen LogP contribution in [0.1, 0.15) is 36.0 Å². The molecule has 3 aromatic carbocycles. The zero-order chi connectivity index (χ0) is 31.6. The van der Waals surface area contributed by atoms with Gasteiger partial charge < -0.3 is 14.7 Å². The van der Waals surface area contributed by atoms with E-state index in [0.717, 1.165) is 30.5 Å². The average molecular weight is 649 g/mol. The number of carbonyl (C=O) groups excluding carboxylic acids is 2. The van der Waals surface area contributed by atoms with Gasteiger partial charge in [-0.2, -0.15) is 0 Å². The van der Waals surface area contributed by atoms with E-state index >= 15 is 0 Å². The quantitative estimate of drug-likeness (QED) is 0.309. The lowest BCUT2D eigenvalue weighted by Gasteiger charge is -2.39. The number of sulfonamides is 1. The summed E-state index contributed by atoms with van der Waals surface area (Å²) in [6.45, 7) is 3.87. The first kappa shape index (κ1) is 31.4. The third-order valence-electron chi connectivity index (χ3n) is 9.25. The van der Waals surface area contributed by atoms with Gasteiger partial charge in [0.15, 0.2) is 0 Å². The Labute approximate surface area is 271 Å². The average Bonchev–Trinajstić information content (AvgIpc) is 3.88. The van der Waals surface area contributed by atoms with Gasteiger partial charge in [-0.1, -0.05) is 60.1 Å². The number of anilines is 2. The summed E-state index contributed by atoms with van der Waals surface area (Å²) in [5, 5.41) is 0.632. The van der Waals surface area contributed by atoms with Crippen LogP contribution in [0.5, 0.6) is 0 Å². The lowest BCUT2D eigenvalue weighted by Crippen LogP contribution is -2.51. The van der Waals surface area contributed by atoms with Crippen LogP contribution < -0.4 is 9.21 Å². The van der Waals surface area contributed by atoms with Gasteiger partial charge in [-0.25, -0.2) is 8.42 Å². The van der Waals surface area contributed by atoms with Gasteiger partial charge in [-0.05, 0) is 72.6 Å². The van der Waals surface area contributed by atoms with Crippen molar-refractivity contribution < 1.29 is 18.0 Å². The molecule has 2 heterocycles. The molecule has 0 aromatic heterocycles. The van der Waals surface area contributed by atoms with E-state index in [0.29, 0.717) is 68.9 Å². The second-order valence-corrected chi connectivity index (χ2v) is 14.9. The van der Waals surface area contributed by atoms with E-state index in [4.69, 9.17) is 11.6 Å². The maximum absolute atomic E-state index is 14.1. The van der Waals surface area contributed by atoms with Gasteiger partial charge in [0.1, 0.15) is 0 Å². The molecule has 6 rings (SSSR count). The van der Waals surface area contributed by atoms with Gasteiger partial charge >= 0.3 is 0 Å². The predicted molar refractivity (Wildman–Crippen MR) is 179 cm³/mol. The Balaban J connectivity index is 1.16. The Morgan fingerprint density at radius 2 is 1.53 bits per heavy atom. The molecule has 0 unspecified atom stereocenters. The van der Waals surface area contributed by atoms with E-state index in [-0.39, 0.29) is 18.2 Å². The summed E-state index contributed by atoms with van der Waals surface area (Å²) in [5.41, 5.74) is 4.98. The fraction of sp³-hybridized carbons (Fsp3) is 0.429. The summed E-state index contributed by atoms with van der Waals surface area (Å²) >= 11 is 6.13. The van der Waals surface area contributed by atoms with Crippen molar-refractivity contribution in [1.29, 1.82) is 0 Å². The normalized spacial score (nSPS) is 17.5. The van der Waals surface area contributed by atoms with Gasteiger partial charge in [-0.15, -0.1) is 0 Å². The Hall–Kier alpha value is -3.56. The van der Waals surface area contributed by atoms with Crippen molar-refractivity contribution in [1.82, 2.24) is 9.80 Å². The Morgan fingerprint density at radius 3 is 2.22 bits per heavy atom. The van der Waals surface area contributed by atoms with Crippen molar-refractivity contribution in [2.45, 2.75) is 38.6 Å². The zero-order valence-corrected chi connectivity index (χ0v) is 27.3. The van der Waals surface area contributed by atoms with Gasteiger partial charge in [0.2, 0.25) is 21.8 Å². The van der Waals surface area contributed by atoms with E-state index in [9.17, 15) is 18.0 Å². The largest absolute Gasteiger partial charge is 0.366 e. The van der Waals surface area contributed by atoms with Gasteiger partial charge in [0, 0.05) is 57.3 Å². The summed E-state index contributed by atoms with van der Waals surface area (Å²) in [6, 6.07) is 23.4. The minimum absolute atomic E-state index is 0.000842. The molecule has 238 valence electrons. The molecule has 3 aliphatic rings. The highest BCUT2D eigenvalue weighted by Gasteiger charge is 2.34. The number of halogens is 1. The van der Waals surface area contributed by atoms with Crippen LogP contribution in [0.4, 0.5) is 11.4 Å². The second-order valence-electron chi connectivity index (χ2n) is 12.6. The fourth-order valence-corrected chi connectivity index (χ4v) is 7.64. The first-order valence-corrected chi connectivity index (χ1v) is 18.1. The van der Waals surface area contributed by atoms with E-state index in [1.165, 1.54) is 17.4 Å². The number of hydrogen-bond acceptors (Lipinski definition) is 5. The molecular formula is C35H41ClN4O4S. The Morgan fingerprint density at radius 1 is 0.867 bits per heavy atom. The van der Waals surface area contributed by atoms with Crippen molar-refractivity contribution in [2.75, 3.05) is 54.7 Å². The molecule has 2 aliphatic heterocycles. The summed E-state index contributed by atoms with van der Waals surface area (Å²) in [4.78, 5) is 33.6. The van der Waals surface area contributed by atoms with Crippen LogP contribution in [-0.4, -0.2) is 75.6 Å². The molecule has 1 atom stereocenters. The summed E-state index contributed by atoms with van der Waals surface area (Å²) in [6.07, 6.45) is 4.81. The van der Waals surface area contributed by atoms with Crippen molar-refractivity contribution in [3.8, 4) is 0 Å². The van der Waals surface area contributed by atoms with E-state index < -0.39 is 15.9 Å². The van der Waals surface area contributed by atoms with Crippen LogP contribution in [0, 0.1) is 11.8 Å². The summed E-state index contributed by atoms with van der Waals surface area (Å²) < 4.78 is 27.1. The lowest BCUT2D eigenvalue weighted by atomic mass is 9.92. The molecule has 0 N–H and O–H groups in total. The van der Waals surface area contributed by atoms with E-state index in [1.54, 1.807) is 4.31 Å². The Kier molecular flexibility index (Phi) is 9.38. The molecule has 2 fully saturated rings. The van der Waals surface area contributed by atoms with E-state index in [1.807, 2.05) is 70.5 Å². The first-order valence-electron chi connectivity index (χ1n) is 15.8. The Bertz CT molecular complexity index is 1640. The zero-order valence-electron chi connectivity index (χ0n) is 25.8. The predicted octanol–water partition coefficient (Wildman–Crippen LogP) is 5.00. The van der Waals surface area contributed by atoms with Crippen molar-refractivity contribution in [3.05, 3.63) is 94.5 Å². The smallest absolute Gasteiger partial charge is 0.232 e. The summed E-state index contributed by atoms with van der Waals surface area (Å²) in [5.74, 6) is -0.104. The maximum Gasteiger partial charge on any atom is 0.232 e. The monoisotopic (exact) mass is 648 g/mol. The molecule has 1 saturated heterocycles. The van der Waals surface area contributed by atoms with E-state index in [2.05, 4.69) is 17.0 Å². The minimum Gasteiger partial charge on any atom is -0.366 e. The molecule has 3 aromatic rings. The fourth-order valence-electron chi connectivity index (χ4n) is 6.52. The number of benzene rings is 3. The van der Waals surface area contributed by atoms with Crippen molar-refractivity contribution >= 4 is 44.8 Å². The number of nitrogens with zero attached hydrogens (tertiary/aromatic N) is 4. The molecule has 0 radical (unpaired) electrons. The number of amides is 2. The molecule has 1 aliphatic carbocycles. The number of carbonyl (C=O) groups is 2. The highest BCUT2D eigenvalue weighted by molar-refractivity contribution is 7.92. The third-order valence-corrected chi connectivity index (χ3v) is 10.7. The molecular weight excluding hydrogens is 608 g/mol. The van der Waals surface area contributed by atoms with Crippen LogP contribution in [0.2, 0.25) is 5.02 Å². The van der Waals surface area contributed by atoms with Gasteiger partial charge in [0.25, 0.3) is 0 Å². The highest BCUT2D eigenvalue weighted by atomic mass is 35.5. The second kappa shape index (κ2) is 13.4. The third kappa shape index (κ3) is 7.64. The number of rotatable bonds is 10. The minimum atomic E-state index is -3.44. The molecule has 8 nitrogen and oxygen atoms in total. The van der Waals surface area contributed by atoms with Gasteiger partial charge in [-0.3, -0.25) is 13.9 Å². The SMILES string of the molecule is CS(=O)(=O)N(CC1CC1)c1ccccc1N1CCN(C(=O)[C@H](CC(=O)N2CCc3ccccc3C2)Cc2ccc(Cl)cc2)CC1. The molecule has 1 saturated carbocycles. The van der Waals surface area contributed by atoms with Gasteiger partial charge in [0.05, 0.1) is 23.5 Å². The molecule has 2 amide bonds. The highest BCUT2D eigenvalue weighted by Crippen LogP contribution is 2.37. The molecule has 0 bridgehead atoms. The van der Waals surface area contributed by atoms with Crippen LogP contribution in [0.3, 0.4) is 0 Å². The topological polar surface area (TPSA) is 81.2 Å². The standard InChI is InChI=1S/C35H41ClN4O4S/c1-45(43,44)40(24-27-10-11-27)33-9-5-4-8-32(33)37-18-20-38(21-19-37)35(42)30(22-26-12-14-31(36)15-13-26)23-34(41)39-17-16-28-6-2-3-7-29(28)25-39/h2-9,12-15,27,30H,10-11,16-25H2,1H3/t30-/m0/s1. The number of hydrogen-bond donors (Lipinski definition) is 0. The van der Waals surface area contributed by atoms with Crippen LogP contribution in [0.25, 0.3) is 0 Å². The molecule has 10 heteroatoms. The first-order chi connectivity index (χ1) is 21.7. The number of piperazine rings is 1. The van der Waals surface area contributed by atoms with Crippen LogP contribution >= 0.6 is 11.6 Å².